The van der Waals surface area contributed by atoms with Crippen molar-refractivity contribution in [1.82, 2.24) is 19.8 Å². The number of carbonyl (C=O) groups excluding carboxylic acids is 1. The van der Waals surface area contributed by atoms with Crippen molar-refractivity contribution in [3.8, 4) is 5.69 Å². The number of para-hydroxylation sites is 1. The van der Waals surface area contributed by atoms with Gasteiger partial charge in [0.25, 0.3) is 0 Å². The highest BCUT2D eigenvalue weighted by atomic mass is 16.2. The van der Waals surface area contributed by atoms with Crippen LogP contribution < -0.4 is 5.32 Å². The monoisotopic (exact) mass is 310 g/mol. The van der Waals surface area contributed by atoms with Gasteiger partial charge in [0, 0.05) is 37.3 Å². The molecule has 5 heteroatoms. The first-order valence-corrected chi connectivity index (χ1v) is 8.34. The molecule has 0 radical (unpaired) electrons. The second-order valence-corrected chi connectivity index (χ2v) is 6.53. The first-order chi connectivity index (χ1) is 11.2. The number of aryl methyl sites for hydroxylation is 1. The molecule has 1 atom stereocenters. The number of aromatic nitrogens is 2. The average Bonchev–Trinajstić information content (AvgIpc) is 3.24. The summed E-state index contributed by atoms with van der Waals surface area (Å²) in [4.78, 5) is 18.5. The van der Waals surface area contributed by atoms with Crippen LogP contribution in [0.1, 0.15) is 30.8 Å². The fourth-order valence-corrected chi connectivity index (χ4v) is 3.40. The maximum atomic E-state index is 12.0. The van der Waals surface area contributed by atoms with Gasteiger partial charge in [0.15, 0.2) is 0 Å². The lowest BCUT2D eigenvalue weighted by molar-refractivity contribution is -0.128. The third kappa shape index (κ3) is 2.88. The molecule has 4 rings (SSSR count). The Morgan fingerprint density at radius 3 is 2.78 bits per heavy atom. The summed E-state index contributed by atoms with van der Waals surface area (Å²) < 4.78 is 2.17. The van der Waals surface area contributed by atoms with Crippen LogP contribution in [0, 0.1) is 6.92 Å². The molecule has 23 heavy (non-hydrogen) atoms. The van der Waals surface area contributed by atoms with Crippen molar-refractivity contribution in [2.75, 3.05) is 6.54 Å². The molecule has 5 nitrogen and oxygen atoms in total. The van der Waals surface area contributed by atoms with Crippen LogP contribution in [0.15, 0.2) is 36.5 Å². The van der Waals surface area contributed by atoms with Crippen LogP contribution in [0.3, 0.4) is 0 Å². The molecule has 1 saturated carbocycles. The molecule has 1 saturated heterocycles. The lowest BCUT2D eigenvalue weighted by atomic mass is 10.2. The molecule has 1 aliphatic heterocycles. The zero-order chi connectivity index (χ0) is 15.8. The number of hydrogen-bond donors (Lipinski definition) is 1. The Morgan fingerprint density at radius 2 is 2.04 bits per heavy atom. The summed E-state index contributed by atoms with van der Waals surface area (Å²) in [6.45, 7) is 3.60. The Labute approximate surface area is 136 Å². The summed E-state index contributed by atoms with van der Waals surface area (Å²) in [7, 11) is 0. The molecule has 0 unspecified atom stereocenters. The fraction of sp³-hybridized carbons (Fsp3) is 0.444. The van der Waals surface area contributed by atoms with Gasteiger partial charge in [0.2, 0.25) is 5.91 Å². The van der Waals surface area contributed by atoms with E-state index in [1.165, 1.54) is 12.8 Å². The molecule has 1 amide bonds. The third-order valence-corrected chi connectivity index (χ3v) is 4.74. The SMILES string of the molecule is Cc1ncc(CN[C@H]2CC(=O)N(C3CC3)C2)n1-c1ccccc1. The minimum atomic E-state index is 0.252. The van der Waals surface area contributed by atoms with Crippen LogP contribution in [0.4, 0.5) is 0 Å². The first kappa shape index (κ1) is 14.5. The molecular weight excluding hydrogens is 288 g/mol. The number of rotatable bonds is 5. The lowest BCUT2D eigenvalue weighted by Gasteiger charge is -2.17. The Bertz CT molecular complexity index is 705. The molecule has 1 aromatic heterocycles. The minimum Gasteiger partial charge on any atom is -0.338 e. The van der Waals surface area contributed by atoms with Crippen LogP contribution >= 0.6 is 0 Å². The van der Waals surface area contributed by atoms with Gasteiger partial charge in [-0.15, -0.1) is 0 Å². The van der Waals surface area contributed by atoms with Crippen LogP contribution in [-0.2, 0) is 11.3 Å². The minimum absolute atomic E-state index is 0.252. The number of amides is 1. The lowest BCUT2D eigenvalue weighted by Crippen LogP contribution is -2.33. The van der Waals surface area contributed by atoms with Gasteiger partial charge in [-0.3, -0.25) is 9.36 Å². The zero-order valence-corrected chi connectivity index (χ0v) is 13.4. The summed E-state index contributed by atoms with van der Waals surface area (Å²) in [5, 5.41) is 3.54. The second kappa shape index (κ2) is 5.81. The van der Waals surface area contributed by atoms with Crippen LogP contribution in [0.25, 0.3) is 5.69 Å². The van der Waals surface area contributed by atoms with Crippen molar-refractivity contribution >= 4 is 5.91 Å². The highest BCUT2D eigenvalue weighted by Gasteiger charge is 2.39. The van der Waals surface area contributed by atoms with Crippen molar-refractivity contribution in [1.29, 1.82) is 0 Å². The Kier molecular flexibility index (Phi) is 3.65. The van der Waals surface area contributed by atoms with E-state index < -0.39 is 0 Å². The highest BCUT2D eigenvalue weighted by Crippen LogP contribution is 2.30. The van der Waals surface area contributed by atoms with Gasteiger partial charge in [0.05, 0.1) is 11.9 Å². The van der Waals surface area contributed by atoms with Gasteiger partial charge >= 0.3 is 0 Å². The van der Waals surface area contributed by atoms with Crippen molar-refractivity contribution in [2.45, 2.75) is 44.8 Å². The normalized spacial score (nSPS) is 21.2. The molecule has 1 aromatic carbocycles. The van der Waals surface area contributed by atoms with Gasteiger partial charge in [-0.1, -0.05) is 18.2 Å². The number of carbonyl (C=O) groups is 1. The smallest absolute Gasteiger partial charge is 0.224 e. The van der Waals surface area contributed by atoms with Crippen molar-refractivity contribution in [3.63, 3.8) is 0 Å². The quantitative estimate of drug-likeness (QED) is 0.919. The first-order valence-electron chi connectivity index (χ1n) is 8.34. The van der Waals surface area contributed by atoms with Gasteiger partial charge < -0.3 is 10.2 Å². The average molecular weight is 310 g/mol. The summed E-state index contributed by atoms with van der Waals surface area (Å²) in [6, 6.07) is 11.0. The third-order valence-electron chi connectivity index (χ3n) is 4.74. The molecule has 1 N–H and O–H groups in total. The topological polar surface area (TPSA) is 50.2 Å². The summed E-state index contributed by atoms with van der Waals surface area (Å²) in [5.74, 6) is 1.29. The predicted molar refractivity (Wildman–Crippen MR) is 88.3 cm³/mol. The number of imidazole rings is 1. The van der Waals surface area contributed by atoms with Crippen molar-refractivity contribution in [3.05, 3.63) is 48.0 Å². The number of nitrogens with one attached hydrogen (secondary N) is 1. The number of hydrogen-bond acceptors (Lipinski definition) is 3. The van der Waals surface area contributed by atoms with Gasteiger partial charge in [-0.05, 0) is 31.9 Å². The van der Waals surface area contributed by atoms with Crippen LogP contribution in [-0.4, -0.2) is 39.0 Å². The standard InChI is InChI=1S/C18H22N4O/c1-13-19-10-17(22(13)16-5-3-2-4-6-16)11-20-14-9-18(23)21(12-14)15-7-8-15/h2-6,10,14-15,20H,7-9,11-12H2,1H3/t14-/m0/s1. The van der Waals surface area contributed by atoms with E-state index in [1.807, 2.05) is 31.3 Å². The highest BCUT2D eigenvalue weighted by molar-refractivity contribution is 5.80. The van der Waals surface area contributed by atoms with Gasteiger partial charge in [-0.2, -0.15) is 0 Å². The van der Waals surface area contributed by atoms with Gasteiger partial charge in [-0.25, -0.2) is 4.98 Å². The van der Waals surface area contributed by atoms with E-state index in [9.17, 15) is 4.79 Å². The van der Waals surface area contributed by atoms with Crippen LogP contribution in [0.5, 0.6) is 0 Å². The molecule has 0 bridgehead atoms. The molecule has 1 aliphatic carbocycles. The van der Waals surface area contributed by atoms with E-state index in [4.69, 9.17) is 0 Å². The van der Waals surface area contributed by atoms with Gasteiger partial charge in [0.1, 0.15) is 5.82 Å². The van der Waals surface area contributed by atoms with Crippen molar-refractivity contribution < 1.29 is 4.79 Å². The van der Waals surface area contributed by atoms with E-state index in [0.29, 0.717) is 18.4 Å². The summed E-state index contributed by atoms with van der Waals surface area (Å²) in [6.07, 6.45) is 4.90. The van der Waals surface area contributed by atoms with E-state index in [2.05, 4.69) is 31.9 Å². The Balaban J connectivity index is 1.45. The Morgan fingerprint density at radius 1 is 1.26 bits per heavy atom. The fourth-order valence-electron chi connectivity index (χ4n) is 3.40. The molecule has 2 aromatic rings. The van der Waals surface area contributed by atoms with Crippen LogP contribution in [0.2, 0.25) is 0 Å². The Hall–Kier alpha value is -2.14. The molecule has 2 heterocycles. The summed E-state index contributed by atoms with van der Waals surface area (Å²) >= 11 is 0. The maximum absolute atomic E-state index is 12.0. The van der Waals surface area contributed by atoms with E-state index in [0.717, 1.165) is 30.3 Å². The largest absolute Gasteiger partial charge is 0.338 e. The molecule has 120 valence electrons. The maximum Gasteiger partial charge on any atom is 0.224 e. The molecule has 2 aliphatic rings. The van der Waals surface area contributed by atoms with E-state index in [1.54, 1.807) is 0 Å². The number of benzene rings is 1. The number of likely N-dealkylation sites (tertiary alicyclic amines) is 1. The summed E-state index contributed by atoms with van der Waals surface area (Å²) in [5.41, 5.74) is 2.26. The van der Waals surface area contributed by atoms with Crippen molar-refractivity contribution in [2.24, 2.45) is 0 Å². The molecule has 2 fully saturated rings. The van der Waals surface area contributed by atoms with E-state index in [-0.39, 0.29) is 6.04 Å². The zero-order valence-electron chi connectivity index (χ0n) is 13.4. The predicted octanol–water partition coefficient (Wildman–Crippen LogP) is 2.03. The van der Waals surface area contributed by atoms with E-state index >= 15 is 0 Å². The second-order valence-electron chi connectivity index (χ2n) is 6.53. The molecular formula is C18H22N4O. The molecule has 0 spiro atoms. The number of nitrogens with zero attached hydrogens (tertiary/aromatic N) is 3.